The van der Waals surface area contributed by atoms with Crippen LogP contribution in [0.25, 0.3) is 0 Å². The van der Waals surface area contributed by atoms with Gasteiger partial charge in [0.05, 0.1) is 5.56 Å². The summed E-state index contributed by atoms with van der Waals surface area (Å²) in [5.74, 6) is 0. The molecule has 2 aromatic carbocycles. The van der Waals surface area contributed by atoms with E-state index in [2.05, 4.69) is 15.9 Å². The van der Waals surface area contributed by atoms with E-state index in [1.54, 1.807) is 18.2 Å². The van der Waals surface area contributed by atoms with Gasteiger partial charge in [-0.15, -0.1) is 0 Å². The Morgan fingerprint density at radius 2 is 1.79 bits per heavy atom. The maximum Gasteiger partial charge on any atom is 0.417 e. The number of nitrogen functional groups attached to an aromatic ring is 1. The van der Waals surface area contributed by atoms with E-state index < -0.39 is 11.7 Å². The van der Waals surface area contributed by atoms with Crippen LogP contribution in [0.5, 0.6) is 0 Å². The molecule has 0 aromatic heterocycles. The molecule has 0 amide bonds. The predicted octanol–water partition coefficient (Wildman–Crippen LogP) is 5.20. The van der Waals surface area contributed by atoms with Crippen LogP contribution < -0.4 is 5.73 Å². The van der Waals surface area contributed by atoms with Crippen LogP contribution in [0.4, 0.5) is 18.9 Å². The maximum atomic E-state index is 12.9. The van der Waals surface area contributed by atoms with Gasteiger partial charge in [0.15, 0.2) is 0 Å². The minimum atomic E-state index is -4.41. The van der Waals surface area contributed by atoms with E-state index in [1.807, 2.05) is 6.07 Å². The van der Waals surface area contributed by atoms with Gasteiger partial charge in [-0.05, 0) is 36.4 Å². The van der Waals surface area contributed by atoms with Gasteiger partial charge in [-0.25, -0.2) is 0 Å². The van der Waals surface area contributed by atoms with Crippen LogP contribution in [0.3, 0.4) is 0 Å². The first-order valence-corrected chi connectivity index (χ1v) is 6.87. The second kappa shape index (κ2) is 5.46. The van der Waals surface area contributed by atoms with Gasteiger partial charge in [-0.3, -0.25) is 0 Å². The summed E-state index contributed by atoms with van der Waals surface area (Å²) < 4.78 is 39.6. The molecule has 0 radical (unpaired) electrons. The van der Waals surface area contributed by atoms with Crippen molar-refractivity contribution in [1.29, 1.82) is 0 Å². The van der Waals surface area contributed by atoms with Crippen LogP contribution in [0.2, 0.25) is 0 Å². The summed E-state index contributed by atoms with van der Waals surface area (Å²) in [7, 11) is 0. The zero-order valence-electron chi connectivity index (χ0n) is 9.54. The number of halogens is 4. The molecule has 0 unspecified atom stereocenters. The number of hydrogen-bond donors (Lipinski definition) is 1. The van der Waals surface area contributed by atoms with Crippen molar-refractivity contribution in [3.63, 3.8) is 0 Å². The Labute approximate surface area is 121 Å². The minimum absolute atomic E-state index is 0.103. The first-order valence-electron chi connectivity index (χ1n) is 5.26. The number of rotatable bonds is 2. The van der Waals surface area contributed by atoms with Gasteiger partial charge in [-0.2, -0.15) is 13.2 Å². The largest absolute Gasteiger partial charge is 0.417 e. The molecule has 0 bridgehead atoms. The highest BCUT2D eigenvalue weighted by molar-refractivity contribution is 9.10. The standard InChI is InChI=1S/C13H9BrF3NS/c14-8-2-1-3-10(6-8)19-12-5-4-9(18)7-11(12)13(15,16)17/h1-7H,18H2. The summed E-state index contributed by atoms with van der Waals surface area (Å²) in [5.41, 5.74) is 4.82. The molecule has 0 fully saturated rings. The minimum Gasteiger partial charge on any atom is -0.399 e. The number of nitrogens with two attached hydrogens (primary N) is 1. The molecule has 0 spiro atoms. The molecule has 6 heteroatoms. The Bertz CT molecular complexity index is 599. The first kappa shape index (κ1) is 14.3. The van der Waals surface area contributed by atoms with Gasteiger partial charge in [0.25, 0.3) is 0 Å². The van der Waals surface area contributed by atoms with Crippen molar-refractivity contribution in [2.24, 2.45) is 0 Å². The highest BCUT2D eigenvalue weighted by Gasteiger charge is 2.33. The number of hydrogen-bond acceptors (Lipinski definition) is 2. The van der Waals surface area contributed by atoms with Gasteiger partial charge in [0.2, 0.25) is 0 Å². The van der Waals surface area contributed by atoms with Crippen molar-refractivity contribution in [2.75, 3.05) is 5.73 Å². The monoisotopic (exact) mass is 347 g/mol. The van der Waals surface area contributed by atoms with Gasteiger partial charge in [-0.1, -0.05) is 33.8 Å². The summed E-state index contributed by atoms with van der Waals surface area (Å²) in [4.78, 5) is 0.865. The van der Waals surface area contributed by atoms with Gasteiger partial charge >= 0.3 is 6.18 Å². The molecule has 100 valence electrons. The summed E-state index contributed by atoms with van der Waals surface area (Å²) in [6.45, 7) is 0. The Hall–Kier alpha value is -1.14. The average Bonchev–Trinajstić information content (AvgIpc) is 2.30. The Morgan fingerprint density at radius 1 is 1.05 bits per heavy atom. The number of anilines is 1. The molecular formula is C13H9BrF3NS. The smallest absolute Gasteiger partial charge is 0.399 e. The zero-order valence-corrected chi connectivity index (χ0v) is 11.9. The van der Waals surface area contributed by atoms with E-state index in [9.17, 15) is 13.2 Å². The summed E-state index contributed by atoms with van der Waals surface area (Å²) >= 11 is 4.35. The van der Waals surface area contributed by atoms with E-state index in [0.29, 0.717) is 0 Å². The van der Waals surface area contributed by atoms with E-state index in [0.717, 1.165) is 27.2 Å². The molecule has 19 heavy (non-hydrogen) atoms. The van der Waals surface area contributed by atoms with E-state index >= 15 is 0 Å². The third-order valence-corrected chi connectivity index (χ3v) is 3.89. The lowest BCUT2D eigenvalue weighted by Gasteiger charge is -2.13. The third-order valence-electron chi connectivity index (χ3n) is 2.33. The van der Waals surface area contributed by atoms with Crippen molar-refractivity contribution in [1.82, 2.24) is 0 Å². The van der Waals surface area contributed by atoms with Crippen molar-refractivity contribution >= 4 is 33.4 Å². The molecule has 2 aromatic rings. The molecule has 0 atom stereocenters. The molecule has 0 aliphatic carbocycles. The lowest BCUT2D eigenvalue weighted by atomic mass is 10.2. The van der Waals surface area contributed by atoms with E-state index in [-0.39, 0.29) is 10.6 Å². The molecule has 0 aliphatic rings. The maximum absolute atomic E-state index is 12.9. The fourth-order valence-electron chi connectivity index (χ4n) is 1.52. The molecule has 2 N–H and O–H groups in total. The zero-order chi connectivity index (χ0) is 14.0. The van der Waals surface area contributed by atoms with Crippen LogP contribution >= 0.6 is 27.7 Å². The topological polar surface area (TPSA) is 26.0 Å². The number of benzene rings is 2. The average molecular weight is 348 g/mol. The third kappa shape index (κ3) is 3.67. The highest BCUT2D eigenvalue weighted by Crippen LogP contribution is 2.40. The van der Waals surface area contributed by atoms with Gasteiger partial charge in [0.1, 0.15) is 0 Å². The molecule has 0 aliphatic heterocycles. The second-order valence-electron chi connectivity index (χ2n) is 3.81. The Morgan fingerprint density at radius 3 is 2.42 bits per heavy atom. The molecule has 0 saturated carbocycles. The highest BCUT2D eigenvalue weighted by atomic mass is 79.9. The molecular weight excluding hydrogens is 339 g/mol. The van der Waals surface area contributed by atoms with Crippen molar-refractivity contribution in [3.05, 3.63) is 52.5 Å². The fourth-order valence-corrected chi connectivity index (χ4v) is 3.07. The second-order valence-corrected chi connectivity index (χ2v) is 5.84. The SMILES string of the molecule is Nc1ccc(Sc2cccc(Br)c2)c(C(F)(F)F)c1. The predicted molar refractivity (Wildman–Crippen MR) is 74.1 cm³/mol. The quantitative estimate of drug-likeness (QED) is 0.755. The lowest BCUT2D eigenvalue weighted by Crippen LogP contribution is -2.07. The molecule has 1 nitrogen and oxygen atoms in total. The van der Waals surface area contributed by atoms with Crippen LogP contribution in [-0.4, -0.2) is 0 Å². The fraction of sp³-hybridized carbons (Fsp3) is 0.0769. The van der Waals surface area contributed by atoms with Crippen LogP contribution in [0, 0.1) is 0 Å². The van der Waals surface area contributed by atoms with Crippen LogP contribution in [-0.2, 0) is 6.18 Å². The van der Waals surface area contributed by atoms with Crippen LogP contribution in [0.1, 0.15) is 5.56 Å². The first-order chi connectivity index (χ1) is 8.86. The molecule has 2 rings (SSSR count). The van der Waals surface area contributed by atoms with Gasteiger partial charge in [0, 0.05) is 20.0 Å². The Balaban J connectivity index is 2.40. The molecule has 0 saturated heterocycles. The molecule has 0 heterocycles. The Kier molecular flexibility index (Phi) is 4.10. The van der Waals surface area contributed by atoms with E-state index in [1.165, 1.54) is 12.1 Å². The summed E-state index contributed by atoms with van der Waals surface area (Å²) in [5, 5.41) is 0. The lowest BCUT2D eigenvalue weighted by molar-refractivity contribution is -0.139. The van der Waals surface area contributed by atoms with Crippen LogP contribution in [0.15, 0.2) is 56.7 Å². The van der Waals surface area contributed by atoms with Crippen molar-refractivity contribution in [3.8, 4) is 0 Å². The summed E-state index contributed by atoms with van der Waals surface area (Å²) in [6.07, 6.45) is -4.41. The van der Waals surface area contributed by atoms with Gasteiger partial charge < -0.3 is 5.73 Å². The number of alkyl halides is 3. The summed E-state index contributed by atoms with van der Waals surface area (Å²) in [6, 6.07) is 10.9. The van der Waals surface area contributed by atoms with Crippen molar-refractivity contribution < 1.29 is 13.2 Å². The normalized spacial score (nSPS) is 11.6. The van der Waals surface area contributed by atoms with E-state index in [4.69, 9.17) is 5.73 Å². The van der Waals surface area contributed by atoms with Crippen molar-refractivity contribution in [2.45, 2.75) is 16.0 Å².